The Morgan fingerprint density at radius 3 is 2.32 bits per heavy atom. The van der Waals surface area contributed by atoms with Crippen molar-refractivity contribution in [2.75, 3.05) is 31.6 Å². The molecular weight excluding hydrogens is 434 g/mol. The highest BCUT2D eigenvalue weighted by Crippen LogP contribution is 2.26. The van der Waals surface area contributed by atoms with Crippen LogP contribution in [0.25, 0.3) is 0 Å². The normalized spacial score (nSPS) is 16.6. The second-order valence-corrected chi connectivity index (χ2v) is 11.7. The third kappa shape index (κ3) is 6.06. The second kappa shape index (κ2) is 9.68. The van der Waals surface area contributed by atoms with E-state index >= 15 is 0 Å². The van der Waals surface area contributed by atoms with Gasteiger partial charge in [0.25, 0.3) is 0 Å². The van der Waals surface area contributed by atoms with Crippen LogP contribution in [0, 0.1) is 0 Å². The number of carbonyl (C=O) groups excluding carboxylic acids is 1. The predicted molar refractivity (Wildman–Crippen MR) is 123 cm³/mol. The minimum atomic E-state index is -3.58. The molecule has 0 radical (unpaired) electrons. The Labute approximate surface area is 188 Å². The van der Waals surface area contributed by atoms with Gasteiger partial charge in [-0.15, -0.1) is 0 Å². The van der Waals surface area contributed by atoms with Crippen LogP contribution in [0.3, 0.4) is 0 Å². The Hall–Kier alpha value is -1.94. The number of amides is 1. The molecule has 1 aliphatic rings. The fourth-order valence-electron chi connectivity index (χ4n) is 3.06. The first-order valence-corrected chi connectivity index (χ1v) is 12.5. The van der Waals surface area contributed by atoms with Crippen LogP contribution in [0.5, 0.6) is 0 Å². The zero-order valence-corrected chi connectivity index (χ0v) is 19.9. The number of anilines is 1. The summed E-state index contributed by atoms with van der Waals surface area (Å²) in [4.78, 5) is 17.0. The Kier molecular flexibility index (Phi) is 7.41. The van der Waals surface area contributed by atoms with Crippen molar-refractivity contribution in [3.63, 3.8) is 0 Å². The summed E-state index contributed by atoms with van der Waals surface area (Å²) >= 11 is 1.28. The molecule has 0 aliphatic carbocycles. The number of hydrogen-bond donors (Lipinski definition) is 1. The van der Waals surface area contributed by atoms with Crippen LogP contribution in [-0.2, 0) is 25.0 Å². The number of carbonyl (C=O) groups is 1. The zero-order chi connectivity index (χ0) is 22.6. The molecule has 9 heteroatoms. The molecule has 0 unspecified atom stereocenters. The average molecular weight is 464 g/mol. The standard InChI is InChI=1S/C22H29N3O4S2/c1-16(21(26)24-18-7-5-17(6-8-18)22(2,3)4)30-20-10-9-19(15-23-20)31(27,28)25-11-13-29-14-12-25/h5-10,15-16H,11-14H2,1-4H3,(H,24,26)/t16-/m1/s1. The predicted octanol–water partition coefficient (Wildman–Crippen LogP) is 3.52. The van der Waals surface area contributed by atoms with Crippen LogP contribution in [0.1, 0.15) is 33.3 Å². The van der Waals surface area contributed by atoms with Crippen LogP contribution >= 0.6 is 11.8 Å². The van der Waals surface area contributed by atoms with Crippen LogP contribution < -0.4 is 5.32 Å². The van der Waals surface area contributed by atoms with E-state index in [0.717, 1.165) is 5.69 Å². The zero-order valence-electron chi connectivity index (χ0n) is 18.3. The molecule has 2 aromatic rings. The molecule has 168 valence electrons. The number of ether oxygens (including phenoxy) is 1. The van der Waals surface area contributed by atoms with E-state index in [1.165, 1.54) is 33.9 Å². The summed E-state index contributed by atoms with van der Waals surface area (Å²) in [6.07, 6.45) is 1.35. The van der Waals surface area contributed by atoms with Gasteiger partial charge in [0.15, 0.2) is 0 Å². The lowest BCUT2D eigenvalue weighted by atomic mass is 9.87. The van der Waals surface area contributed by atoms with E-state index in [1.54, 1.807) is 13.0 Å². The lowest BCUT2D eigenvalue weighted by Gasteiger charge is -2.25. The lowest BCUT2D eigenvalue weighted by molar-refractivity contribution is -0.115. The van der Waals surface area contributed by atoms with E-state index in [9.17, 15) is 13.2 Å². The van der Waals surface area contributed by atoms with Gasteiger partial charge in [-0.25, -0.2) is 13.4 Å². The van der Waals surface area contributed by atoms with Crippen molar-refractivity contribution in [1.82, 2.24) is 9.29 Å². The van der Waals surface area contributed by atoms with Crippen molar-refractivity contribution in [3.8, 4) is 0 Å². The molecule has 2 heterocycles. The summed E-state index contributed by atoms with van der Waals surface area (Å²) in [6, 6.07) is 11.0. The first-order chi connectivity index (χ1) is 14.6. The third-order valence-electron chi connectivity index (χ3n) is 5.00. The lowest BCUT2D eigenvalue weighted by Crippen LogP contribution is -2.40. The number of aromatic nitrogens is 1. The van der Waals surface area contributed by atoms with Gasteiger partial charge in [-0.3, -0.25) is 4.79 Å². The summed E-state index contributed by atoms with van der Waals surface area (Å²) in [5.74, 6) is -0.139. The van der Waals surface area contributed by atoms with E-state index in [1.807, 2.05) is 24.3 Å². The minimum absolute atomic E-state index is 0.0543. The molecule has 0 spiro atoms. The van der Waals surface area contributed by atoms with Gasteiger partial charge in [-0.2, -0.15) is 4.31 Å². The highest BCUT2D eigenvalue weighted by Gasteiger charge is 2.26. The van der Waals surface area contributed by atoms with Crippen LogP contribution in [0.4, 0.5) is 5.69 Å². The summed E-state index contributed by atoms with van der Waals surface area (Å²) < 4.78 is 32.0. The maximum atomic E-state index is 12.7. The Morgan fingerprint density at radius 1 is 1.13 bits per heavy atom. The number of thioether (sulfide) groups is 1. The molecule has 1 amide bonds. The Balaban J connectivity index is 1.59. The van der Waals surface area contributed by atoms with Gasteiger partial charge in [0.1, 0.15) is 4.90 Å². The number of pyridine rings is 1. The summed E-state index contributed by atoms with van der Waals surface area (Å²) in [6.45, 7) is 9.69. The van der Waals surface area contributed by atoms with E-state index in [0.29, 0.717) is 31.3 Å². The van der Waals surface area contributed by atoms with Gasteiger partial charge < -0.3 is 10.1 Å². The number of nitrogens with zero attached hydrogens (tertiary/aromatic N) is 2. The van der Waals surface area contributed by atoms with E-state index < -0.39 is 15.3 Å². The molecule has 1 N–H and O–H groups in total. The smallest absolute Gasteiger partial charge is 0.244 e. The first-order valence-electron chi connectivity index (χ1n) is 10.2. The van der Waals surface area contributed by atoms with Crippen molar-refractivity contribution < 1.29 is 17.9 Å². The van der Waals surface area contributed by atoms with Crippen molar-refractivity contribution >= 4 is 33.4 Å². The fraction of sp³-hybridized carbons (Fsp3) is 0.455. The van der Waals surface area contributed by atoms with Crippen molar-refractivity contribution in [3.05, 3.63) is 48.2 Å². The van der Waals surface area contributed by atoms with Crippen LogP contribution in [0.2, 0.25) is 0 Å². The van der Waals surface area contributed by atoms with Gasteiger partial charge in [-0.05, 0) is 42.2 Å². The summed E-state index contributed by atoms with van der Waals surface area (Å²) in [5, 5.41) is 3.11. The minimum Gasteiger partial charge on any atom is -0.379 e. The topological polar surface area (TPSA) is 88.6 Å². The number of nitrogens with one attached hydrogen (secondary N) is 1. The number of rotatable bonds is 6. The van der Waals surface area contributed by atoms with Gasteiger partial charge in [0.2, 0.25) is 15.9 Å². The number of sulfonamides is 1. The highest BCUT2D eigenvalue weighted by molar-refractivity contribution is 8.00. The molecule has 1 aromatic heterocycles. The maximum Gasteiger partial charge on any atom is 0.244 e. The molecule has 7 nitrogen and oxygen atoms in total. The molecule has 0 saturated carbocycles. The van der Waals surface area contributed by atoms with E-state index in [-0.39, 0.29) is 16.2 Å². The van der Waals surface area contributed by atoms with Gasteiger partial charge in [-0.1, -0.05) is 44.7 Å². The second-order valence-electron chi connectivity index (χ2n) is 8.43. The molecule has 31 heavy (non-hydrogen) atoms. The maximum absolute atomic E-state index is 12.7. The van der Waals surface area contributed by atoms with Crippen molar-refractivity contribution in [1.29, 1.82) is 0 Å². The van der Waals surface area contributed by atoms with Gasteiger partial charge in [0, 0.05) is 25.0 Å². The average Bonchev–Trinajstić information content (AvgIpc) is 2.74. The SMILES string of the molecule is C[C@@H](Sc1ccc(S(=O)(=O)N2CCOCC2)cn1)C(=O)Nc1ccc(C(C)(C)C)cc1. The first kappa shape index (κ1) is 23.7. The molecular formula is C22H29N3O4S2. The summed E-state index contributed by atoms with van der Waals surface area (Å²) in [7, 11) is -3.58. The molecule has 0 bridgehead atoms. The third-order valence-corrected chi connectivity index (χ3v) is 7.94. The quantitative estimate of drug-likeness (QED) is 0.660. The van der Waals surface area contributed by atoms with Crippen LogP contribution in [0.15, 0.2) is 52.5 Å². The molecule has 1 aliphatic heterocycles. The largest absolute Gasteiger partial charge is 0.379 e. The van der Waals surface area contributed by atoms with E-state index in [4.69, 9.17) is 4.74 Å². The summed E-state index contributed by atoms with van der Waals surface area (Å²) in [5.41, 5.74) is 1.99. The highest BCUT2D eigenvalue weighted by atomic mass is 32.2. The molecule has 1 atom stereocenters. The monoisotopic (exact) mass is 463 g/mol. The Morgan fingerprint density at radius 2 is 1.77 bits per heavy atom. The van der Waals surface area contributed by atoms with Gasteiger partial charge >= 0.3 is 0 Å². The molecule has 3 rings (SSSR count). The Bertz CT molecular complexity index is 995. The van der Waals surface area contributed by atoms with Gasteiger partial charge in [0.05, 0.1) is 23.5 Å². The number of morpholine rings is 1. The molecule has 1 aromatic carbocycles. The fourth-order valence-corrected chi connectivity index (χ4v) is 5.20. The molecule has 1 saturated heterocycles. The van der Waals surface area contributed by atoms with Crippen molar-refractivity contribution in [2.45, 2.75) is 48.3 Å². The van der Waals surface area contributed by atoms with Crippen molar-refractivity contribution in [2.24, 2.45) is 0 Å². The number of hydrogen-bond acceptors (Lipinski definition) is 6. The number of benzene rings is 1. The van der Waals surface area contributed by atoms with Crippen LogP contribution in [-0.4, -0.2) is 55.2 Å². The molecule has 1 fully saturated rings. The van der Waals surface area contributed by atoms with E-state index in [2.05, 4.69) is 31.1 Å².